The van der Waals surface area contributed by atoms with Crippen molar-refractivity contribution in [1.82, 2.24) is 5.43 Å². The number of carbonyl (C=O) groups excluding carboxylic acids is 1. The largest absolute Gasteiger partial charge is 0.455 e. The summed E-state index contributed by atoms with van der Waals surface area (Å²) in [5, 5.41) is 14.4. The number of nitrogens with zero attached hydrogens (tertiary/aromatic N) is 2. The van der Waals surface area contributed by atoms with E-state index in [1.165, 1.54) is 30.5 Å². The molecule has 0 saturated carbocycles. The summed E-state index contributed by atoms with van der Waals surface area (Å²) in [6.07, 6.45) is 1.38. The van der Waals surface area contributed by atoms with Crippen LogP contribution in [0.3, 0.4) is 0 Å². The summed E-state index contributed by atoms with van der Waals surface area (Å²) in [6.45, 7) is 0. The van der Waals surface area contributed by atoms with Crippen molar-refractivity contribution in [1.29, 1.82) is 0 Å². The molecule has 0 aliphatic carbocycles. The Kier molecular flexibility index (Phi) is 4.66. The summed E-state index contributed by atoms with van der Waals surface area (Å²) < 4.78 is 5.62. The third-order valence-corrected chi connectivity index (χ3v) is 3.38. The SMILES string of the molecule is O=C(NN=Cc1ccc(-c2ccccc2)o1)c1ccc([N+](=O)[O-])cc1. The maximum Gasteiger partial charge on any atom is 0.271 e. The summed E-state index contributed by atoms with van der Waals surface area (Å²) in [4.78, 5) is 22.0. The molecule has 2 aromatic carbocycles. The Hall–Kier alpha value is -3.74. The molecule has 25 heavy (non-hydrogen) atoms. The number of nitro benzene ring substituents is 1. The zero-order valence-corrected chi connectivity index (χ0v) is 13.0. The van der Waals surface area contributed by atoms with Gasteiger partial charge in [0.2, 0.25) is 0 Å². The average molecular weight is 335 g/mol. The van der Waals surface area contributed by atoms with Crippen molar-refractivity contribution in [3.63, 3.8) is 0 Å². The second-order valence-electron chi connectivity index (χ2n) is 5.07. The second-order valence-corrected chi connectivity index (χ2v) is 5.07. The molecule has 3 rings (SSSR count). The summed E-state index contributed by atoms with van der Waals surface area (Å²) in [5.74, 6) is 0.715. The summed E-state index contributed by atoms with van der Waals surface area (Å²) >= 11 is 0. The van der Waals surface area contributed by atoms with Crippen LogP contribution in [0.2, 0.25) is 0 Å². The van der Waals surface area contributed by atoms with Crippen LogP contribution in [-0.4, -0.2) is 17.0 Å². The van der Waals surface area contributed by atoms with Crippen LogP contribution in [0.1, 0.15) is 16.1 Å². The lowest BCUT2D eigenvalue weighted by atomic mass is 10.2. The fraction of sp³-hybridized carbons (Fsp3) is 0. The van der Waals surface area contributed by atoms with Gasteiger partial charge in [-0.05, 0) is 24.3 Å². The maximum atomic E-state index is 11.9. The lowest BCUT2D eigenvalue weighted by Gasteiger charge is -1.99. The molecule has 0 aliphatic heterocycles. The second kappa shape index (κ2) is 7.22. The normalized spacial score (nSPS) is 10.7. The summed E-state index contributed by atoms with van der Waals surface area (Å²) in [6, 6.07) is 18.4. The van der Waals surface area contributed by atoms with Gasteiger partial charge in [-0.15, -0.1) is 0 Å². The van der Waals surface area contributed by atoms with Gasteiger partial charge in [-0.2, -0.15) is 5.10 Å². The fourth-order valence-corrected chi connectivity index (χ4v) is 2.13. The van der Waals surface area contributed by atoms with E-state index in [4.69, 9.17) is 4.42 Å². The molecule has 1 aromatic heterocycles. The van der Waals surface area contributed by atoms with Gasteiger partial charge in [0.05, 0.1) is 11.1 Å². The average Bonchev–Trinajstić information content (AvgIpc) is 3.11. The van der Waals surface area contributed by atoms with Gasteiger partial charge in [0.15, 0.2) is 0 Å². The highest BCUT2D eigenvalue weighted by Gasteiger charge is 2.08. The number of hydrazone groups is 1. The molecule has 0 atom stereocenters. The van der Waals surface area contributed by atoms with Gasteiger partial charge in [0, 0.05) is 23.3 Å². The van der Waals surface area contributed by atoms with Gasteiger partial charge >= 0.3 is 0 Å². The van der Waals surface area contributed by atoms with E-state index in [1.807, 2.05) is 36.4 Å². The smallest absolute Gasteiger partial charge is 0.271 e. The predicted octanol–water partition coefficient (Wildman–Crippen LogP) is 3.62. The van der Waals surface area contributed by atoms with Crippen molar-refractivity contribution in [2.24, 2.45) is 5.10 Å². The van der Waals surface area contributed by atoms with Gasteiger partial charge in [-0.25, -0.2) is 5.43 Å². The number of furan rings is 1. The molecule has 1 N–H and O–H groups in total. The lowest BCUT2D eigenvalue weighted by molar-refractivity contribution is -0.384. The first-order valence-corrected chi connectivity index (χ1v) is 7.36. The molecule has 7 nitrogen and oxygen atoms in total. The molecule has 0 bridgehead atoms. The first-order valence-electron chi connectivity index (χ1n) is 7.36. The molecule has 0 fully saturated rings. The zero-order chi connectivity index (χ0) is 17.6. The molecule has 1 amide bonds. The molecule has 1 heterocycles. The molecular formula is C18H13N3O4. The monoisotopic (exact) mass is 335 g/mol. The van der Waals surface area contributed by atoms with E-state index < -0.39 is 10.8 Å². The minimum absolute atomic E-state index is 0.0796. The van der Waals surface area contributed by atoms with Crippen LogP contribution in [0.25, 0.3) is 11.3 Å². The number of non-ortho nitro benzene ring substituents is 1. The predicted molar refractivity (Wildman–Crippen MR) is 92.3 cm³/mol. The third kappa shape index (κ3) is 3.97. The number of carbonyl (C=O) groups is 1. The number of amides is 1. The van der Waals surface area contributed by atoms with Crippen molar-refractivity contribution in [2.75, 3.05) is 0 Å². The highest BCUT2D eigenvalue weighted by Crippen LogP contribution is 2.20. The van der Waals surface area contributed by atoms with Crippen molar-refractivity contribution in [3.05, 3.63) is 88.2 Å². The van der Waals surface area contributed by atoms with Gasteiger partial charge in [-0.3, -0.25) is 14.9 Å². The van der Waals surface area contributed by atoms with Crippen LogP contribution in [0.15, 0.2) is 76.2 Å². The molecule has 0 radical (unpaired) electrons. The zero-order valence-electron chi connectivity index (χ0n) is 13.0. The van der Waals surface area contributed by atoms with Crippen molar-refractivity contribution in [2.45, 2.75) is 0 Å². The Morgan fingerprint density at radius 2 is 1.76 bits per heavy atom. The Morgan fingerprint density at radius 1 is 1.04 bits per heavy atom. The van der Waals surface area contributed by atoms with E-state index in [2.05, 4.69) is 10.5 Å². The lowest BCUT2D eigenvalue weighted by Crippen LogP contribution is -2.17. The quantitative estimate of drug-likeness (QED) is 0.437. The molecule has 7 heteroatoms. The molecule has 0 aliphatic rings. The van der Waals surface area contributed by atoms with Gasteiger partial charge in [0.1, 0.15) is 11.5 Å². The Balaban J connectivity index is 1.62. The molecule has 0 spiro atoms. The Bertz CT molecular complexity index is 915. The number of hydrogen-bond donors (Lipinski definition) is 1. The molecule has 124 valence electrons. The topological polar surface area (TPSA) is 97.7 Å². The van der Waals surface area contributed by atoms with E-state index in [-0.39, 0.29) is 11.3 Å². The third-order valence-electron chi connectivity index (χ3n) is 3.38. The summed E-state index contributed by atoms with van der Waals surface area (Å²) in [7, 11) is 0. The van der Waals surface area contributed by atoms with E-state index in [0.29, 0.717) is 11.5 Å². The highest BCUT2D eigenvalue weighted by atomic mass is 16.6. The van der Waals surface area contributed by atoms with Crippen LogP contribution >= 0.6 is 0 Å². The minimum atomic E-state index is -0.527. The highest BCUT2D eigenvalue weighted by molar-refractivity contribution is 5.94. The number of benzene rings is 2. The number of nitro groups is 1. The maximum absolute atomic E-state index is 11.9. The Labute approximate surface area is 142 Å². The standard InChI is InChI=1S/C18H13N3O4/c22-18(14-6-8-15(9-7-14)21(23)24)20-19-12-16-10-11-17(25-16)13-4-2-1-3-5-13/h1-12H,(H,20,22). The van der Waals surface area contributed by atoms with Crippen LogP contribution in [0.5, 0.6) is 0 Å². The first kappa shape index (κ1) is 16.1. The fourth-order valence-electron chi connectivity index (χ4n) is 2.13. The number of nitrogens with one attached hydrogen (secondary N) is 1. The molecule has 0 unspecified atom stereocenters. The Morgan fingerprint density at radius 3 is 2.44 bits per heavy atom. The van der Waals surface area contributed by atoms with E-state index in [0.717, 1.165) is 5.56 Å². The van der Waals surface area contributed by atoms with Crippen LogP contribution < -0.4 is 5.43 Å². The molecule has 0 saturated heterocycles. The van der Waals surface area contributed by atoms with Crippen molar-refractivity contribution < 1.29 is 14.1 Å². The van der Waals surface area contributed by atoms with Crippen molar-refractivity contribution in [3.8, 4) is 11.3 Å². The number of rotatable bonds is 5. The van der Waals surface area contributed by atoms with E-state index in [1.54, 1.807) is 6.07 Å². The van der Waals surface area contributed by atoms with Crippen LogP contribution in [0, 0.1) is 10.1 Å². The van der Waals surface area contributed by atoms with E-state index in [9.17, 15) is 14.9 Å². The van der Waals surface area contributed by atoms with Gasteiger partial charge in [0.25, 0.3) is 11.6 Å². The minimum Gasteiger partial charge on any atom is -0.455 e. The summed E-state index contributed by atoms with van der Waals surface area (Å²) in [5.41, 5.74) is 3.48. The first-order chi connectivity index (χ1) is 12.1. The van der Waals surface area contributed by atoms with Crippen LogP contribution in [0.4, 0.5) is 5.69 Å². The number of hydrogen-bond acceptors (Lipinski definition) is 5. The molecule has 3 aromatic rings. The van der Waals surface area contributed by atoms with E-state index >= 15 is 0 Å². The van der Waals surface area contributed by atoms with Crippen molar-refractivity contribution >= 4 is 17.8 Å². The van der Waals surface area contributed by atoms with Gasteiger partial charge in [-0.1, -0.05) is 30.3 Å². The molecular weight excluding hydrogens is 322 g/mol. The van der Waals surface area contributed by atoms with Crippen LogP contribution in [-0.2, 0) is 0 Å². The van der Waals surface area contributed by atoms with Gasteiger partial charge < -0.3 is 4.42 Å².